The lowest BCUT2D eigenvalue weighted by atomic mass is 9.93. The minimum absolute atomic E-state index is 0.293. The summed E-state index contributed by atoms with van der Waals surface area (Å²) in [6, 6.07) is 0. The van der Waals surface area contributed by atoms with Crippen molar-refractivity contribution in [3.05, 3.63) is 0 Å². The van der Waals surface area contributed by atoms with Gasteiger partial charge in [-0.2, -0.15) is 0 Å². The van der Waals surface area contributed by atoms with E-state index in [0.717, 1.165) is 0 Å². The molecule has 0 bridgehead atoms. The maximum absolute atomic E-state index is 10.5. The number of hydrogen-bond acceptors (Lipinski definition) is 6. The number of rotatable bonds is 8. The lowest BCUT2D eigenvalue weighted by molar-refractivity contribution is -0.182. The van der Waals surface area contributed by atoms with Gasteiger partial charge in [-0.1, -0.05) is 22.5 Å². The first kappa shape index (κ1) is 16.2. The summed E-state index contributed by atoms with van der Waals surface area (Å²) in [7, 11) is -4.73. The van der Waals surface area contributed by atoms with Crippen molar-refractivity contribution < 1.29 is 29.0 Å². The summed E-state index contributed by atoms with van der Waals surface area (Å²) in [4.78, 5) is 20.9. The van der Waals surface area contributed by atoms with Crippen molar-refractivity contribution in [1.82, 2.24) is 0 Å². The molecule has 2 atom stereocenters. The van der Waals surface area contributed by atoms with Crippen molar-refractivity contribution in [2.75, 3.05) is 26.4 Å². The van der Waals surface area contributed by atoms with E-state index in [1.165, 1.54) is 0 Å². The van der Waals surface area contributed by atoms with Crippen LogP contribution in [0.1, 0.15) is 0 Å². The van der Waals surface area contributed by atoms with Crippen LogP contribution in [0.25, 0.3) is 0 Å². The van der Waals surface area contributed by atoms with Crippen molar-refractivity contribution in [3.8, 4) is 0 Å². The molecule has 6 nitrogen and oxygen atoms in total. The molecule has 0 saturated carbocycles. The summed E-state index contributed by atoms with van der Waals surface area (Å²) in [5.41, 5.74) is -1.22. The van der Waals surface area contributed by atoms with Crippen LogP contribution < -0.4 is 9.79 Å². The lowest BCUT2D eigenvalue weighted by Crippen LogP contribution is -2.39. The summed E-state index contributed by atoms with van der Waals surface area (Å²) in [6.45, 7) is -1.61. The summed E-state index contributed by atoms with van der Waals surface area (Å²) < 4.78 is 9.12. The molecule has 0 saturated heterocycles. The van der Waals surface area contributed by atoms with Crippen LogP contribution in [0, 0.1) is 5.41 Å². The van der Waals surface area contributed by atoms with Gasteiger partial charge in [0.1, 0.15) is 0 Å². The monoisotopic (exact) mass is 298 g/mol. The quantitative estimate of drug-likeness (QED) is 0.593. The van der Waals surface area contributed by atoms with Gasteiger partial charge in [0.25, 0.3) is 0 Å². The third-order valence-corrected chi connectivity index (χ3v) is 2.87. The van der Waals surface area contributed by atoms with Crippen LogP contribution in [0.3, 0.4) is 0 Å². The molecule has 2 unspecified atom stereocenters. The lowest BCUT2D eigenvalue weighted by Gasteiger charge is -2.32. The van der Waals surface area contributed by atoms with Gasteiger partial charge in [0.15, 0.2) is 0 Å². The fraction of sp³-hybridized carbons (Fsp3) is 1.00. The summed E-state index contributed by atoms with van der Waals surface area (Å²) in [6.07, 6.45) is 0. The highest BCUT2D eigenvalue weighted by Gasteiger charge is 2.30. The molecule has 0 amide bonds. The Morgan fingerprint density at radius 1 is 1.00 bits per heavy atom. The second kappa shape index (κ2) is 8.31. The molecule has 15 heavy (non-hydrogen) atoms. The van der Waals surface area contributed by atoms with Gasteiger partial charge in [-0.25, -0.2) is 0 Å². The van der Waals surface area contributed by atoms with E-state index in [2.05, 4.69) is 9.05 Å². The Morgan fingerprint density at radius 2 is 1.33 bits per heavy atom. The standard InChI is InChI=1S/C5H10Cl2O6P2/c6-14(10)12-3-5(1-8,2-9)4-13-15(7)11/h8-9H,1-4H2/q-2. The Kier molecular flexibility index (Phi) is 8.98. The molecule has 0 aliphatic rings. The van der Waals surface area contributed by atoms with Gasteiger partial charge in [0, 0.05) is 15.5 Å². The first-order valence-corrected chi connectivity index (χ1v) is 7.86. The van der Waals surface area contributed by atoms with Crippen LogP contribution in [0.2, 0.25) is 0 Å². The fourth-order valence-electron chi connectivity index (χ4n) is 0.650. The molecule has 0 spiro atoms. The van der Waals surface area contributed by atoms with E-state index in [1.54, 1.807) is 0 Å². The van der Waals surface area contributed by atoms with E-state index in [9.17, 15) is 9.79 Å². The van der Waals surface area contributed by atoms with Crippen molar-refractivity contribution >= 4 is 37.9 Å². The van der Waals surface area contributed by atoms with Crippen LogP contribution in [-0.2, 0) is 9.05 Å². The van der Waals surface area contributed by atoms with Gasteiger partial charge in [-0.3, -0.25) is 0 Å². The SMILES string of the molecule is [O-]P(Cl)OCC(CO)(CO)COP([O-])Cl. The van der Waals surface area contributed by atoms with E-state index in [-0.39, 0.29) is 13.2 Å². The summed E-state index contributed by atoms with van der Waals surface area (Å²) in [5.74, 6) is 0. The zero-order valence-corrected chi connectivity index (χ0v) is 10.8. The van der Waals surface area contributed by atoms with Gasteiger partial charge in [-0.05, 0) is 0 Å². The Hall–Kier alpha value is 1.20. The van der Waals surface area contributed by atoms with Gasteiger partial charge in [0.05, 0.1) is 31.8 Å². The van der Waals surface area contributed by atoms with Crippen LogP contribution in [0.15, 0.2) is 0 Å². The number of aliphatic hydroxyl groups is 2. The Balaban J connectivity index is 4.17. The van der Waals surface area contributed by atoms with Crippen LogP contribution >= 0.6 is 37.9 Å². The van der Waals surface area contributed by atoms with Crippen LogP contribution in [-0.4, -0.2) is 36.6 Å². The highest BCUT2D eigenvalue weighted by Crippen LogP contribution is 2.37. The number of halogens is 2. The highest BCUT2D eigenvalue weighted by molar-refractivity contribution is 7.74. The Labute approximate surface area is 99.1 Å². The Morgan fingerprint density at radius 3 is 1.53 bits per heavy atom. The van der Waals surface area contributed by atoms with Crippen molar-refractivity contribution in [2.24, 2.45) is 5.41 Å². The van der Waals surface area contributed by atoms with Crippen LogP contribution in [0.4, 0.5) is 0 Å². The van der Waals surface area contributed by atoms with E-state index in [0.29, 0.717) is 0 Å². The smallest absolute Gasteiger partial charge is 0.0639 e. The molecular formula is C5H10Cl2O6P2-2. The maximum atomic E-state index is 10.5. The zero-order chi connectivity index (χ0) is 11.9. The fourth-order valence-corrected chi connectivity index (χ4v) is 1.69. The molecule has 10 heteroatoms. The van der Waals surface area contributed by atoms with E-state index >= 15 is 0 Å². The Bertz CT molecular complexity index is 154. The molecule has 0 rings (SSSR count). The molecule has 0 aromatic heterocycles. The second-order valence-corrected chi connectivity index (χ2v) is 5.81. The van der Waals surface area contributed by atoms with E-state index in [1.807, 2.05) is 0 Å². The molecular weight excluding hydrogens is 289 g/mol. The summed E-state index contributed by atoms with van der Waals surface area (Å²) in [5, 5.41) is 18.0. The predicted molar refractivity (Wildman–Crippen MR) is 54.1 cm³/mol. The minimum atomic E-state index is -2.36. The van der Waals surface area contributed by atoms with Crippen molar-refractivity contribution in [3.63, 3.8) is 0 Å². The van der Waals surface area contributed by atoms with E-state index < -0.39 is 34.1 Å². The highest BCUT2D eigenvalue weighted by atomic mass is 35.7. The third-order valence-electron chi connectivity index (χ3n) is 1.62. The predicted octanol–water partition coefficient (Wildman–Crippen LogP) is -0.357. The first-order valence-electron chi connectivity index (χ1n) is 3.69. The summed E-state index contributed by atoms with van der Waals surface area (Å²) >= 11 is 10.1. The molecule has 0 aromatic rings. The van der Waals surface area contributed by atoms with Gasteiger partial charge in [-0.15, -0.1) is 0 Å². The third kappa shape index (κ3) is 7.18. The van der Waals surface area contributed by atoms with Gasteiger partial charge in [0.2, 0.25) is 0 Å². The first-order chi connectivity index (χ1) is 6.95. The van der Waals surface area contributed by atoms with Crippen molar-refractivity contribution in [2.45, 2.75) is 0 Å². The molecule has 0 aliphatic carbocycles. The molecule has 92 valence electrons. The number of aliphatic hydroxyl groups excluding tert-OH is 2. The number of hydrogen-bond donors (Lipinski definition) is 2. The minimum Gasteiger partial charge on any atom is -0.796 e. The largest absolute Gasteiger partial charge is 0.796 e. The topological polar surface area (TPSA) is 105 Å². The zero-order valence-electron chi connectivity index (χ0n) is 7.51. The average molecular weight is 299 g/mol. The molecule has 0 radical (unpaired) electrons. The van der Waals surface area contributed by atoms with E-state index in [4.69, 9.17) is 32.7 Å². The normalized spacial score (nSPS) is 16.4. The maximum Gasteiger partial charge on any atom is 0.0639 e. The van der Waals surface area contributed by atoms with Gasteiger partial charge >= 0.3 is 0 Å². The molecule has 2 N–H and O–H groups in total. The van der Waals surface area contributed by atoms with Crippen molar-refractivity contribution in [1.29, 1.82) is 0 Å². The molecule has 0 fully saturated rings. The second-order valence-electron chi connectivity index (χ2n) is 2.79. The molecule has 0 aliphatic heterocycles. The molecule has 0 aromatic carbocycles. The van der Waals surface area contributed by atoms with Gasteiger partial charge < -0.3 is 29.0 Å². The molecule has 0 heterocycles. The van der Waals surface area contributed by atoms with Crippen LogP contribution in [0.5, 0.6) is 0 Å². The average Bonchev–Trinajstić information content (AvgIpc) is 2.19.